The average Bonchev–Trinajstić information content (AvgIpc) is 3.84. The Bertz CT molecular complexity index is 2690. The van der Waals surface area contributed by atoms with Gasteiger partial charge in [0.25, 0.3) is 0 Å². The number of hydrogen-bond acceptors (Lipinski definition) is 0. The van der Waals surface area contributed by atoms with E-state index in [1.165, 1.54) is 97.3 Å². The fraction of sp³-hybridized carbons (Fsp3) is 0.184. The van der Waals surface area contributed by atoms with Crippen molar-refractivity contribution in [2.24, 2.45) is 23.7 Å². The molecule has 5 atom stereocenters. The van der Waals surface area contributed by atoms with E-state index in [4.69, 9.17) is 0 Å². The molecule has 5 aliphatic carbocycles. The van der Waals surface area contributed by atoms with Crippen molar-refractivity contribution in [3.05, 3.63) is 163 Å². The first-order valence-electron chi connectivity index (χ1n) is 18.6. The molecule has 4 bridgehead atoms. The Labute approximate surface area is 292 Å². The highest BCUT2D eigenvalue weighted by molar-refractivity contribution is 6.22. The van der Waals surface area contributed by atoms with E-state index in [0.29, 0.717) is 0 Å². The van der Waals surface area contributed by atoms with Gasteiger partial charge in [-0.3, -0.25) is 0 Å². The zero-order valence-electron chi connectivity index (χ0n) is 28.0. The number of benzene rings is 7. The van der Waals surface area contributed by atoms with Crippen molar-refractivity contribution < 1.29 is 0 Å². The Morgan fingerprint density at radius 2 is 1.24 bits per heavy atom. The van der Waals surface area contributed by atoms with Crippen molar-refractivity contribution in [1.29, 1.82) is 0 Å². The van der Waals surface area contributed by atoms with Crippen molar-refractivity contribution >= 4 is 32.6 Å². The van der Waals surface area contributed by atoms with Crippen LogP contribution in [0.25, 0.3) is 71.6 Å². The first kappa shape index (κ1) is 27.4. The SMILES string of the molecule is c1ccc(-c2cccc(-n3c4ccc(-c5ccc6c(c5)-c5ccccc5C65C6CC7CC(C6)C5C7)cc4c4c5ccccc5ccc43)c2)cc1. The smallest absolute Gasteiger partial charge is 0.0547 e. The lowest BCUT2D eigenvalue weighted by Crippen LogP contribution is -2.40. The van der Waals surface area contributed by atoms with Gasteiger partial charge in [-0.25, -0.2) is 0 Å². The maximum absolute atomic E-state index is 2.55. The molecule has 1 heterocycles. The minimum Gasteiger partial charge on any atom is -0.309 e. The second-order valence-corrected chi connectivity index (χ2v) is 15.7. The highest BCUT2D eigenvalue weighted by Gasteiger charge is 2.65. The van der Waals surface area contributed by atoms with Gasteiger partial charge in [0.2, 0.25) is 0 Å². The van der Waals surface area contributed by atoms with Crippen molar-refractivity contribution in [3.8, 4) is 39.1 Å². The fourth-order valence-electron chi connectivity index (χ4n) is 11.9. The van der Waals surface area contributed by atoms with Gasteiger partial charge in [-0.2, -0.15) is 0 Å². The van der Waals surface area contributed by atoms with Crippen LogP contribution in [-0.4, -0.2) is 4.57 Å². The Hall–Kier alpha value is -5.40. The van der Waals surface area contributed by atoms with E-state index in [0.717, 1.165) is 23.7 Å². The summed E-state index contributed by atoms with van der Waals surface area (Å²) in [7, 11) is 0. The van der Waals surface area contributed by atoms with Gasteiger partial charge in [0.1, 0.15) is 0 Å². The maximum Gasteiger partial charge on any atom is 0.0547 e. The topological polar surface area (TPSA) is 4.93 Å². The zero-order valence-corrected chi connectivity index (χ0v) is 28.0. The Kier molecular flexibility index (Phi) is 5.41. The quantitative estimate of drug-likeness (QED) is 0.181. The van der Waals surface area contributed by atoms with Crippen molar-refractivity contribution in [1.82, 2.24) is 4.57 Å². The second kappa shape index (κ2) is 9.86. The van der Waals surface area contributed by atoms with E-state index >= 15 is 0 Å². The van der Waals surface area contributed by atoms with E-state index in [-0.39, 0.29) is 5.41 Å². The summed E-state index contributed by atoms with van der Waals surface area (Å²) in [6.45, 7) is 0. The van der Waals surface area contributed by atoms with Crippen LogP contribution in [0.2, 0.25) is 0 Å². The standard InChI is InChI=1S/C49H37N/c1-2-9-31(10-3-1)33-12-8-13-38(27-33)50-46-21-19-35(29-42(46)48-39-14-5-4-11-32(39)18-22-47(48)50)34-17-20-44-41(28-34)40-15-6-7-16-43(40)49(44)37-24-30-23-36(26-37)45(49)25-30/h1-22,27-30,36-37,45H,23-26H2. The molecule has 5 aliphatic rings. The predicted octanol–water partition coefficient (Wildman–Crippen LogP) is 12.6. The molecule has 1 nitrogen and oxygen atoms in total. The van der Waals surface area contributed by atoms with E-state index in [1.54, 1.807) is 11.1 Å². The molecule has 1 heteroatoms. The lowest BCUT2D eigenvalue weighted by molar-refractivity contribution is 0.191. The van der Waals surface area contributed by atoms with Crippen LogP contribution < -0.4 is 0 Å². The normalized spacial score (nSPS) is 24.2. The first-order valence-corrected chi connectivity index (χ1v) is 18.6. The van der Waals surface area contributed by atoms with Gasteiger partial charge in [-0.05, 0) is 141 Å². The van der Waals surface area contributed by atoms with Gasteiger partial charge in [0, 0.05) is 21.9 Å². The molecular weight excluding hydrogens is 603 g/mol. The van der Waals surface area contributed by atoms with Crippen LogP contribution in [0.15, 0.2) is 152 Å². The number of fused-ring (bicyclic) bond motifs is 8. The zero-order chi connectivity index (χ0) is 32.6. The number of rotatable bonds is 3. The Morgan fingerprint density at radius 3 is 2.18 bits per heavy atom. The lowest BCUT2D eigenvalue weighted by atomic mass is 9.59. The summed E-state index contributed by atoms with van der Waals surface area (Å²) in [5.41, 5.74) is 15.2. The highest BCUT2D eigenvalue weighted by Crippen LogP contribution is 2.73. The fourth-order valence-corrected chi connectivity index (χ4v) is 11.9. The molecule has 13 rings (SSSR count). The van der Waals surface area contributed by atoms with Crippen LogP contribution >= 0.6 is 0 Å². The van der Waals surface area contributed by atoms with Crippen molar-refractivity contribution in [3.63, 3.8) is 0 Å². The molecule has 0 saturated heterocycles. The first-order chi connectivity index (χ1) is 24.8. The van der Waals surface area contributed by atoms with Gasteiger partial charge >= 0.3 is 0 Å². The van der Waals surface area contributed by atoms with E-state index in [2.05, 4.69) is 156 Å². The summed E-state index contributed by atoms with van der Waals surface area (Å²) in [6.07, 6.45) is 5.75. The lowest BCUT2D eigenvalue weighted by Gasteiger charge is -2.43. The highest BCUT2D eigenvalue weighted by atomic mass is 15.0. The monoisotopic (exact) mass is 639 g/mol. The Balaban J connectivity index is 1.07. The van der Waals surface area contributed by atoms with E-state index < -0.39 is 0 Å². The van der Waals surface area contributed by atoms with Crippen LogP contribution in [0.1, 0.15) is 36.8 Å². The predicted molar refractivity (Wildman–Crippen MR) is 208 cm³/mol. The van der Waals surface area contributed by atoms with Crippen LogP contribution in [0.4, 0.5) is 0 Å². The summed E-state index contributed by atoms with van der Waals surface area (Å²) in [4.78, 5) is 0. The van der Waals surface area contributed by atoms with Crippen molar-refractivity contribution in [2.75, 3.05) is 0 Å². The third-order valence-corrected chi connectivity index (χ3v) is 13.6. The van der Waals surface area contributed by atoms with E-state index in [9.17, 15) is 0 Å². The molecule has 0 radical (unpaired) electrons. The third-order valence-electron chi connectivity index (χ3n) is 13.6. The summed E-state index contributed by atoms with van der Waals surface area (Å²) in [5, 5.41) is 5.22. The van der Waals surface area contributed by atoms with E-state index in [1.807, 2.05) is 0 Å². The average molecular weight is 640 g/mol. The molecular formula is C49H37N. The molecule has 0 N–H and O–H groups in total. The molecule has 238 valence electrons. The second-order valence-electron chi connectivity index (χ2n) is 15.7. The summed E-state index contributed by atoms with van der Waals surface area (Å²) >= 11 is 0. The summed E-state index contributed by atoms with van der Waals surface area (Å²) in [6, 6.07) is 57.4. The van der Waals surface area contributed by atoms with Gasteiger partial charge in [-0.15, -0.1) is 0 Å². The molecule has 8 aromatic rings. The molecule has 4 saturated carbocycles. The number of hydrogen-bond donors (Lipinski definition) is 0. The van der Waals surface area contributed by atoms with Gasteiger partial charge in [0.05, 0.1) is 11.0 Å². The van der Waals surface area contributed by atoms with Crippen molar-refractivity contribution in [2.45, 2.75) is 31.1 Å². The van der Waals surface area contributed by atoms with Gasteiger partial charge < -0.3 is 4.57 Å². The van der Waals surface area contributed by atoms with Crippen LogP contribution in [0.5, 0.6) is 0 Å². The molecule has 4 fully saturated rings. The molecule has 0 amide bonds. The minimum atomic E-state index is 0.229. The van der Waals surface area contributed by atoms with Crippen LogP contribution in [0, 0.1) is 23.7 Å². The molecule has 7 aromatic carbocycles. The molecule has 0 aliphatic heterocycles. The van der Waals surface area contributed by atoms with Crippen LogP contribution in [-0.2, 0) is 5.41 Å². The molecule has 1 spiro atoms. The molecule has 1 aromatic heterocycles. The Morgan fingerprint density at radius 1 is 0.480 bits per heavy atom. The number of nitrogens with zero attached hydrogens (tertiary/aromatic N) is 1. The minimum absolute atomic E-state index is 0.229. The van der Waals surface area contributed by atoms with Gasteiger partial charge in [-0.1, -0.05) is 115 Å². The molecule has 5 unspecified atom stereocenters. The molecule has 50 heavy (non-hydrogen) atoms. The maximum atomic E-state index is 2.55. The summed E-state index contributed by atoms with van der Waals surface area (Å²) in [5.74, 6) is 3.50. The third kappa shape index (κ3) is 3.48. The largest absolute Gasteiger partial charge is 0.309 e. The van der Waals surface area contributed by atoms with Crippen LogP contribution in [0.3, 0.4) is 0 Å². The summed E-state index contributed by atoms with van der Waals surface area (Å²) < 4.78 is 2.47. The number of aromatic nitrogens is 1. The van der Waals surface area contributed by atoms with Gasteiger partial charge in [0.15, 0.2) is 0 Å².